The van der Waals surface area contributed by atoms with Crippen LogP contribution in [-0.4, -0.2) is 34.5 Å². The van der Waals surface area contributed by atoms with Crippen LogP contribution in [0.2, 0.25) is 0 Å². The number of anilines is 1. The van der Waals surface area contributed by atoms with Gasteiger partial charge in [0.1, 0.15) is 5.75 Å². The molecule has 0 fully saturated rings. The van der Waals surface area contributed by atoms with Crippen molar-refractivity contribution in [2.45, 2.75) is 13.0 Å². The van der Waals surface area contributed by atoms with Crippen molar-refractivity contribution in [3.05, 3.63) is 77.9 Å². The maximum Gasteiger partial charge on any atom is 0.254 e. The fraction of sp³-hybridized carbons (Fsp3) is 0.200. The summed E-state index contributed by atoms with van der Waals surface area (Å²) >= 11 is 0. The number of rotatable bonds is 8. The van der Waals surface area contributed by atoms with Crippen LogP contribution in [-0.2, 0) is 13.0 Å². The molecule has 0 aliphatic carbocycles. The molecule has 2 aromatic heterocycles. The third-order valence-corrected chi connectivity index (χ3v) is 3.95. The lowest BCUT2D eigenvalue weighted by molar-refractivity contribution is 0.0950. The molecule has 138 valence electrons. The van der Waals surface area contributed by atoms with E-state index in [4.69, 9.17) is 4.74 Å². The van der Waals surface area contributed by atoms with E-state index in [0.717, 1.165) is 17.7 Å². The van der Waals surface area contributed by atoms with Gasteiger partial charge >= 0.3 is 0 Å². The number of carbonyl (C=O) groups excluding carboxylic acids is 1. The predicted molar refractivity (Wildman–Crippen MR) is 103 cm³/mol. The van der Waals surface area contributed by atoms with E-state index in [1.54, 1.807) is 19.5 Å². The first kappa shape index (κ1) is 18.3. The largest absolute Gasteiger partial charge is 0.497 e. The molecule has 2 heterocycles. The summed E-state index contributed by atoms with van der Waals surface area (Å²) in [6.45, 7) is 1.10. The molecule has 0 radical (unpaired) electrons. The van der Waals surface area contributed by atoms with Crippen LogP contribution in [0.4, 0.5) is 5.95 Å². The molecule has 2 N–H and O–H groups in total. The fourth-order valence-electron chi connectivity index (χ4n) is 2.43. The Balaban J connectivity index is 1.45. The fourth-order valence-corrected chi connectivity index (χ4v) is 2.43. The van der Waals surface area contributed by atoms with Crippen molar-refractivity contribution < 1.29 is 9.53 Å². The van der Waals surface area contributed by atoms with Crippen molar-refractivity contribution in [3.8, 4) is 5.75 Å². The standard InChI is InChI=1S/C20H21N5O2/c1-27-18-6-4-15(5-7-18)8-10-22-20-24-13-17(14-25-20)19(26)23-12-16-3-2-9-21-11-16/h2-7,9,11,13-14H,8,10,12H2,1H3,(H,23,26)(H,22,24,25). The summed E-state index contributed by atoms with van der Waals surface area (Å²) in [5.74, 6) is 1.11. The molecule has 7 nitrogen and oxygen atoms in total. The van der Waals surface area contributed by atoms with Crippen molar-refractivity contribution in [2.75, 3.05) is 19.0 Å². The first-order valence-electron chi connectivity index (χ1n) is 8.60. The number of hydrogen-bond acceptors (Lipinski definition) is 6. The number of hydrogen-bond donors (Lipinski definition) is 2. The number of ether oxygens (including phenoxy) is 1. The van der Waals surface area contributed by atoms with E-state index in [2.05, 4.69) is 25.6 Å². The van der Waals surface area contributed by atoms with E-state index < -0.39 is 0 Å². The normalized spacial score (nSPS) is 10.3. The number of amides is 1. The molecule has 1 aromatic carbocycles. The Hall–Kier alpha value is -3.48. The van der Waals surface area contributed by atoms with Gasteiger partial charge in [0, 0.05) is 37.9 Å². The first-order valence-corrected chi connectivity index (χ1v) is 8.60. The van der Waals surface area contributed by atoms with E-state index in [-0.39, 0.29) is 5.91 Å². The van der Waals surface area contributed by atoms with Gasteiger partial charge in [-0.25, -0.2) is 9.97 Å². The van der Waals surface area contributed by atoms with Gasteiger partial charge in [-0.05, 0) is 35.7 Å². The van der Waals surface area contributed by atoms with Gasteiger partial charge in [-0.2, -0.15) is 0 Å². The third kappa shape index (κ3) is 5.50. The SMILES string of the molecule is COc1ccc(CCNc2ncc(C(=O)NCc3cccnc3)cn2)cc1. The Morgan fingerprint density at radius 3 is 2.48 bits per heavy atom. The van der Waals surface area contributed by atoms with Gasteiger partial charge in [-0.3, -0.25) is 9.78 Å². The molecule has 0 aliphatic rings. The number of nitrogens with one attached hydrogen (secondary N) is 2. The highest BCUT2D eigenvalue weighted by atomic mass is 16.5. The molecule has 27 heavy (non-hydrogen) atoms. The number of benzene rings is 1. The highest BCUT2D eigenvalue weighted by Crippen LogP contribution is 2.11. The molecule has 0 aliphatic heterocycles. The molecule has 0 spiro atoms. The highest BCUT2D eigenvalue weighted by Gasteiger charge is 2.07. The third-order valence-electron chi connectivity index (χ3n) is 3.95. The van der Waals surface area contributed by atoms with Crippen LogP contribution in [0.3, 0.4) is 0 Å². The van der Waals surface area contributed by atoms with Crippen LogP contribution in [0.15, 0.2) is 61.2 Å². The van der Waals surface area contributed by atoms with Gasteiger partial charge in [-0.15, -0.1) is 0 Å². The Labute approximate surface area is 157 Å². The lowest BCUT2D eigenvalue weighted by atomic mass is 10.1. The second-order valence-corrected chi connectivity index (χ2v) is 5.86. The summed E-state index contributed by atoms with van der Waals surface area (Å²) in [5, 5.41) is 5.97. The Kier molecular flexibility index (Phi) is 6.30. The minimum absolute atomic E-state index is 0.219. The van der Waals surface area contributed by atoms with Gasteiger partial charge in [0.2, 0.25) is 5.95 Å². The molecular weight excluding hydrogens is 342 g/mol. The van der Waals surface area contributed by atoms with E-state index in [1.165, 1.54) is 18.0 Å². The van der Waals surface area contributed by atoms with Crippen LogP contribution >= 0.6 is 0 Å². The van der Waals surface area contributed by atoms with E-state index >= 15 is 0 Å². The van der Waals surface area contributed by atoms with Crippen molar-refractivity contribution >= 4 is 11.9 Å². The van der Waals surface area contributed by atoms with Gasteiger partial charge in [-0.1, -0.05) is 18.2 Å². The average molecular weight is 363 g/mol. The Bertz CT molecular complexity index is 852. The van der Waals surface area contributed by atoms with E-state index in [9.17, 15) is 4.79 Å². The Morgan fingerprint density at radius 1 is 1.04 bits per heavy atom. The van der Waals surface area contributed by atoms with Crippen molar-refractivity contribution in [1.29, 1.82) is 0 Å². The average Bonchev–Trinajstić information content (AvgIpc) is 2.74. The number of nitrogens with zero attached hydrogens (tertiary/aromatic N) is 3. The van der Waals surface area contributed by atoms with Crippen LogP contribution in [0, 0.1) is 0 Å². The molecule has 0 unspecified atom stereocenters. The number of aromatic nitrogens is 3. The smallest absolute Gasteiger partial charge is 0.254 e. The minimum Gasteiger partial charge on any atom is -0.497 e. The first-order chi connectivity index (χ1) is 13.2. The van der Waals surface area contributed by atoms with Gasteiger partial charge in [0.25, 0.3) is 5.91 Å². The van der Waals surface area contributed by atoms with Crippen LogP contribution < -0.4 is 15.4 Å². The molecular formula is C20H21N5O2. The second kappa shape index (κ2) is 9.28. The predicted octanol–water partition coefficient (Wildman–Crippen LogP) is 2.46. The van der Waals surface area contributed by atoms with Crippen molar-refractivity contribution in [3.63, 3.8) is 0 Å². The summed E-state index contributed by atoms with van der Waals surface area (Å²) in [6.07, 6.45) is 7.27. The molecule has 0 saturated heterocycles. The zero-order valence-corrected chi connectivity index (χ0v) is 15.1. The molecule has 1 amide bonds. The van der Waals surface area contributed by atoms with Crippen LogP contribution in [0.5, 0.6) is 5.75 Å². The monoisotopic (exact) mass is 363 g/mol. The number of methoxy groups -OCH3 is 1. The molecule has 7 heteroatoms. The lowest BCUT2D eigenvalue weighted by Gasteiger charge is -2.07. The van der Waals surface area contributed by atoms with Crippen molar-refractivity contribution in [1.82, 2.24) is 20.3 Å². The molecule has 0 atom stereocenters. The lowest BCUT2D eigenvalue weighted by Crippen LogP contribution is -2.23. The number of pyridine rings is 1. The molecule has 0 saturated carbocycles. The maximum atomic E-state index is 12.1. The highest BCUT2D eigenvalue weighted by molar-refractivity contribution is 5.93. The van der Waals surface area contributed by atoms with E-state index in [0.29, 0.717) is 24.6 Å². The summed E-state index contributed by atoms with van der Waals surface area (Å²) in [4.78, 5) is 24.5. The summed E-state index contributed by atoms with van der Waals surface area (Å²) in [5.41, 5.74) is 2.54. The van der Waals surface area contributed by atoms with Gasteiger partial charge in [0.15, 0.2) is 0 Å². The second-order valence-electron chi connectivity index (χ2n) is 5.86. The maximum absolute atomic E-state index is 12.1. The topological polar surface area (TPSA) is 89.0 Å². The Morgan fingerprint density at radius 2 is 1.81 bits per heavy atom. The zero-order chi connectivity index (χ0) is 18.9. The van der Waals surface area contributed by atoms with Crippen LogP contribution in [0.25, 0.3) is 0 Å². The van der Waals surface area contributed by atoms with E-state index in [1.807, 2.05) is 36.4 Å². The summed E-state index contributed by atoms with van der Waals surface area (Å²) in [7, 11) is 1.65. The molecule has 3 aromatic rings. The number of carbonyl (C=O) groups is 1. The zero-order valence-electron chi connectivity index (χ0n) is 15.1. The summed E-state index contributed by atoms with van der Waals surface area (Å²) < 4.78 is 5.14. The van der Waals surface area contributed by atoms with Crippen molar-refractivity contribution in [2.24, 2.45) is 0 Å². The van der Waals surface area contributed by atoms with Gasteiger partial charge in [0.05, 0.1) is 12.7 Å². The van der Waals surface area contributed by atoms with Gasteiger partial charge < -0.3 is 15.4 Å². The molecule has 3 rings (SSSR count). The van der Waals surface area contributed by atoms with Crippen LogP contribution in [0.1, 0.15) is 21.5 Å². The minimum atomic E-state index is -0.219. The summed E-state index contributed by atoms with van der Waals surface area (Å²) in [6, 6.07) is 11.7. The molecule has 0 bridgehead atoms. The quantitative estimate of drug-likeness (QED) is 0.639.